The third kappa shape index (κ3) is 24.8. The number of aliphatic carboxylic acids is 1. The number of carboxylic acid groups (broad SMARTS) is 1. The van der Waals surface area contributed by atoms with Gasteiger partial charge < -0.3 is 35.4 Å². The van der Waals surface area contributed by atoms with Gasteiger partial charge >= 0.3 is 18.2 Å². The highest BCUT2D eigenvalue weighted by atomic mass is 16.6. The summed E-state index contributed by atoms with van der Waals surface area (Å²) in [7, 11) is 0. The lowest BCUT2D eigenvalue weighted by atomic mass is 9.95. The van der Waals surface area contributed by atoms with Crippen LogP contribution in [0.5, 0.6) is 0 Å². The molecule has 2 aliphatic rings. The summed E-state index contributed by atoms with van der Waals surface area (Å²) in [5.74, 6) is -1.40. The van der Waals surface area contributed by atoms with Crippen molar-refractivity contribution >= 4 is 24.1 Å². The summed E-state index contributed by atoms with van der Waals surface area (Å²) in [6.45, 7) is 12.9. The molecule has 0 radical (unpaired) electrons. The van der Waals surface area contributed by atoms with Crippen LogP contribution in [0.2, 0.25) is 0 Å². The summed E-state index contributed by atoms with van der Waals surface area (Å²) in [4.78, 5) is 51.5. The van der Waals surface area contributed by atoms with E-state index in [2.05, 4.69) is 115 Å². The minimum absolute atomic E-state index is 0.0719. The van der Waals surface area contributed by atoms with E-state index in [0.717, 1.165) is 83.5 Å². The van der Waals surface area contributed by atoms with Crippen LogP contribution in [0.4, 0.5) is 9.59 Å². The van der Waals surface area contributed by atoms with Crippen molar-refractivity contribution in [3.63, 3.8) is 0 Å². The van der Waals surface area contributed by atoms with Crippen LogP contribution in [0.15, 0.2) is 121 Å². The molecule has 6 rings (SSSR count). The number of carbonyl (C=O) groups excluding carboxylic acids is 3. The molecule has 4 aromatic rings. The molecular weight excluding hydrogens is 889 g/mol. The molecule has 0 spiro atoms. The molecule has 0 saturated carbocycles. The monoisotopic (exact) mass is 975 g/mol. The van der Waals surface area contributed by atoms with E-state index in [9.17, 15) is 19.2 Å². The van der Waals surface area contributed by atoms with Crippen molar-refractivity contribution in [2.75, 3.05) is 26.2 Å². The van der Waals surface area contributed by atoms with Crippen molar-refractivity contribution in [2.45, 2.75) is 168 Å². The summed E-state index contributed by atoms with van der Waals surface area (Å²) in [6.07, 6.45) is 15.2. The number of carboxylic acids is 1. The van der Waals surface area contributed by atoms with Crippen LogP contribution in [-0.4, -0.2) is 88.4 Å². The quantitative estimate of drug-likeness (QED) is 0.0840. The Labute approximate surface area is 426 Å². The van der Waals surface area contributed by atoms with E-state index in [1.165, 1.54) is 40.0 Å². The Morgan fingerprint density at radius 1 is 0.549 bits per heavy atom. The molecule has 2 fully saturated rings. The summed E-state index contributed by atoms with van der Waals surface area (Å²) in [5.41, 5.74) is 10.6. The Bertz CT molecular complexity index is 2020. The van der Waals surface area contributed by atoms with Crippen molar-refractivity contribution in [2.24, 2.45) is 17.6 Å². The van der Waals surface area contributed by atoms with Crippen molar-refractivity contribution < 1.29 is 33.8 Å². The first-order valence-corrected chi connectivity index (χ1v) is 26.3. The van der Waals surface area contributed by atoms with E-state index in [-0.39, 0.29) is 30.5 Å². The van der Waals surface area contributed by atoms with Gasteiger partial charge in [-0.3, -0.25) is 9.59 Å². The molecule has 2 aliphatic heterocycles. The number of rotatable bonds is 19. The molecule has 4 aromatic carbocycles. The largest absolute Gasteiger partial charge is 0.481 e. The van der Waals surface area contributed by atoms with Gasteiger partial charge in [0.15, 0.2) is 0 Å². The second kappa shape index (κ2) is 30.9. The molecule has 2 unspecified atom stereocenters. The highest BCUT2D eigenvalue weighted by molar-refractivity contribution is 5.80. The second-order valence-electron chi connectivity index (χ2n) is 21.3. The predicted octanol–water partition coefficient (Wildman–Crippen LogP) is 12.2. The minimum Gasteiger partial charge on any atom is -0.481 e. The number of hydrogen-bond donors (Lipinski definition) is 3. The van der Waals surface area contributed by atoms with Crippen LogP contribution >= 0.6 is 0 Å². The third-order valence-corrected chi connectivity index (χ3v) is 12.7. The van der Waals surface area contributed by atoms with Gasteiger partial charge in [-0.2, -0.15) is 0 Å². The highest BCUT2D eigenvalue weighted by Gasteiger charge is 2.33. The van der Waals surface area contributed by atoms with Gasteiger partial charge in [0.1, 0.15) is 11.2 Å². The standard InChI is InChI=1S/C30H42N2O3.C19H25N.C11H19NO4/c1-30(2,3)35-29(34)32-22-12-19-26(23-32)28(33)31-27(20-10-17-24-13-6-4-7-14-24)21-11-18-25-15-8-5-9-16-25;20-19(15-7-13-17-9-3-1-4-10-17)16-8-14-18-11-5-2-6-12-18;1-11(2,3)16-10(15)12-6-4-5-8(7-12)9(13)14/h4-9,13-16,26-27H,10-12,17-23H2,1-3H3,(H,31,33);1-6,9-12,19H,7-8,13-16,20H2;8H,4-7H2,1-3H3,(H,13,14). The smallest absolute Gasteiger partial charge is 0.410 e. The first kappa shape index (κ1) is 57.9. The molecule has 71 heavy (non-hydrogen) atoms. The molecule has 0 aliphatic carbocycles. The van der Waals surface area contributed by atoms with E-state index in [4.69, 9.17) is 20.3 Å². The van der Waals surface area contributed by atoms with Gasteiger partial charge in [-0.1, -0.05) is 121 Å². The fourth-order valence-corrected chi connectivity index (χ4v) is 8.93. The maximum Gasteiger partial charge on any atom is 0.410 e. The van der Waals surface area contributed by atoms with E-state index in [0.29, 0.717) is 32.1 Å². The molecule has 2 atom stereocenters. The van der Waals surface area contributed by atoms with Gasteiger partial charge in [-0.05, 0) is 167 Å². The Kier molecular flexibility index (Phi) is 25.2. The minimum atomic E-state index is -0.840. The number of ether oxygens (including phenoxy) is 2. The normalized spacial score (nSPS) is 16.0. The zero-order valence-corrected chi connectivity index (χ0v) is 43.9. The molecular formula is C60H86N4O7. The van der Waals surface area contributed by atoms with Gasteiger partial charge in [0.05, 0.1) is 11.8 Å². The number of hydrogen-bond acceptors (Lipinski definition) is 7. The summed E-state index contributed by atoms with van der Waals surface area (Å²) >= 11 is 0. The fourth-order valence-electron chi connectivity index (χ4n) is 8.93. The van der Waals surface area contributed by atoms with Crippen LogP contribution in [0.25, 0.3) is 0 Å². The van der Waals surface area contributed by atoms with E-state index in [1.807, 2.05) is 32.9 Å². The molecule has 2 saturated heterocycles. The van der Waals surface area contributed by atoms with E-state index < -0.39 is 29.2 Å². The number of nitrogens with one attached hydrogen (secondary N) is 1. The van der Waals surface area contributed by atoms with Crippen molar-refractivity contribution in [1.82, 2.24) is 15.1 Å². The zero-order valence-electron chi connectivity index (χ0n) is 43.9. The SMILES string of the molecule is CC(C)(C)OC(=O)N1CCCC(C(=O)NC(CCCc2ccccc2)CCCc2ccccc2)C1.CC(C)(C)OC(=O)N1CCCC(C(=O)O)C1.NC(CCCc1ccccc1)CCCc1ccccc1. The van der Waals surface area contributed by atoms with Gasteiger partial charge in [-0.25, -0.2) is 9.59 Å². The average Bonchev–Trinajstić information content (AvgIpc) is 3.34. The lowest BCUT2D eigenvalue weighted by Crippen LogP contribution is -2.48. The van der Waals surface area contributed by atoms with Crippen LogP contribution in [0, 0.1) is 11.8 Å². The number of aryl methyl sites for hydroxylation is 4. The van der Waals surface area contributed by atoms with Crippen LogP contribution < -0.4 is 11.1 Å². The molecule has 0 aromatic heterocycles. The fraction of sp³-hybridized carbons (Fsp3) is 0.533. The molecule has 2 heterocycles. The molecule has 0 bridgehead atoms. The first-order valence-electron chi connectivity index (χ1n) is 26.3. The maximum atomic E-state index is 13.2. The number of carbonyl (C=O) groups is 4. The van der Waals surface area contributed by atoms with Gasteiger partial charge in [0.25, 0.3) is 0 Å². The zero-order chi connectivity index (χ0) is 51.5. The number of nitrogens with zero attached hydrogens (tertiary/aromatic N) is 2. The third-order valence-electron chi connectivity index (χ3n) is 12.7. The van der Waals surface area contributed by atoms with E-state index in [1.54, 1.807) is 25.7 Å². The Morgan fingerprint density at radius 2 is 0.873 bits per heavy atom. The number of nitrogens with two attached hydrogens (primary N) is 1. The first-order chi connectivity index (χ1) is 33.9. The van der Waals surface area contributed by atoms with Gasteiger partial charge in [0, 0.05) is 38.3 Å². The molecule has 4 N–H and O–H groups in total. The number of benzene rings is 4. The molecule has 3 amide bonds. The van der Waals surface area contributed by atoms with Crippen molar-refractivity contribution in [1.29, 1.82) is 0 Å². The summed E-state index contributed by atoms with van der Waals surface area (Å²) in [5, 5.41) is 12.2. The Hall–Kier alpha value is -5.68. The number of amides is 3. The maximum absolute atomic E-state index is 13.2. The van der Waals surface area contributed by atoms with Gasteiger partial charge in [0.2, 0.25) is 5.91 Å². The molecule has 388 valence electrons. The van der Waals surface area contributed by atoms with Crippen LogP contribution in [-0.2, 0) is 44.7 Å². The van der Waals surface area contributed by atoms with Gasteiger partial charge in [-0.15, -0.1) is 0 Å². The number of likely N-dealkylation sites (tertiary alicyclic amines) is 2. The van der Waals surface area contributed by atoms with Crippen molar-refractivity contribution in [3.05, 3.63) is 144 Å². The second-order valence-corrected chi connectivity index (χ2v) is 21.3. The summed E-state index contributed by atoms with van der Waals surface area (Å²) < 4.78 is 10.7. The molecule has 11 heteroatoms. The predicted molar refractivity (Wildman–Crippen MR) is 286 cm³/mol. The topological polar surface area (TPSA) is 152 Å². The Morgan fingerprint density at radius 3 is 1.21 bits per heavy atom. The number of piperidine rings is 2. The van der Waals surface area contributed by atoms with Crippen LogP contribution in [0.3, 0.4) is 0 Å². The lowest BCUT2D eigenvalue weighted by molar-refractivity contribution is -0.143. The lowest BCUT2D eigenvalue weighted by Gasteiger charge is -2.34. The molecule has 11 nitrogen and oxygen atoms in total. The highest BCUT2D eigenvalue weighted by Crippen LogP contribution is 2.22. The Balaban J connectivity index is 0.000000256. The average molecular weight is 975 g/mol. The van der Waals surface area contributed by atoms with E-state index >= 15 is 0 Å². The summed E-state index contributed by atoms with van der Waals surface area (Å²) in [6, 6.07) is 42.9. The van der Waals surface area contributed by atoms with Crippen LogP contribution in [0.1, 0.15) is 141 Å². The van der Waals surface area contributed by atoms with Crippen molar-refractivity contribution in [3.8, 4) is 0 Å².